The van der Waals surface area contributed by atoms with E-state index < -0.39 is 0 Å². The van der Waals surface area contributed by atoms with Crippen LogP contribution in [-0.4, -0.2) is 30.6 Å². The molecule has 0 radical (unpaired) electrons. The van der Waals surface area contributed by atoms with Gasteiger partial charge in [-0.1, -0.05) is 48.0 Å². The topological polar surface area (TPSA) is 45.5 Å². The van der Waals surface area contributed by atoms with Crippen LogP contribution in [0.1, 0.15) is 18.4 Å². The zero-order chi connectivity index (χ0) is 19.3. The normalized spacial score (nSPS) is 16.0. The lowest BCUT2D eigenvalue weighted by Crippen LogP contribution is -2.39. The van der Waals surface area contributed by atoms with Crippen LogP contribution in [-0.2, 0) is 0 Å². The second kappa shape index (κ2) is 8.63. The Balaban J connectivity index is 1.33. The molecule has 0 atom stereocenters. The molecule has 3 aromatic rings. The average Bonchev–Trinajstić information content (AvgIpc) is 2.69. The number of nitrogens with zero attached hydrogens (tertiary/aromatic N) is 1. The van der Waals surface area contributed by atoms with Gasteiger partial charge in [0.1, 0.15) is 5.58 Å². The van der Waals surface area contributed by atoms with Crippen molar-refractivity contribution >= 4 is 34.3 Å². The van der Waals surface area contributed by atoms with E-state index >= 15 is 0 Å². The Morgan fingerprint density at radius 1 is 1.11 bits per heavy atom. The molecule has 0 bridgehead atoms. The van der Waals surface area contributed by atoms with Gasteiger partial charge in [-0.2, -0.15) is 0 Å². The average molecular weight is 395 g/mol. The molecule has 0 amide bonds. The first-order valence-corrected chi connectivity index (χ1v) is 9.99. The maximum absolute atomic E-state index is 11.8. The zero-order valence-electron chi connectivity index (χ0n) is 15.6. The Morgan fingerprint density at radius 2 is 1.93 bits per heavy atom. The molecule has 1 aliphatic rings. The van der Waals surface area contributed by atoms with Crippen LogP contribution in [0, 0.1) is 0 Å². The van der Waals surface area contributed by atoms with Crippen molar-refractivity contribution in [3.8, 4) is 0 Å². The van der Waals surface area contributed by atoms with Gasteiger partial charge in [0.2, 0.25) is 0 Å². The second-order valence-corrected chi connectivity index (χ2v) is 7.59. The Kier molecular flexibility index (Phi) is 5.79. The number of piperidine rings is 1. The van der Waals surface area contributed by atoms with Gasteiger partial charge in [0.25, 0.3) is 0 Å². The highest BCUT2D eigenvalue weighted by Crippen LogP contribution is 2.24. The Labute approximate surface area is 169 Å². The predicted molar refractivity (Wildman–Crippen MR) is 116 cm³/mol. The Hall–Kier alpha value is -2.56. The quantitative estimate of drug-likeness (QED) is 0.616. The summed E-state index contributed by atoms with van der Waals surface area (Å²) in [6.45, 7) is 2.98. The molecule has 2 heterocycles. The monoisotopic (exact) mass is 394 g/mol. The van der Waals surface area contributed by atoms with Crippen molar-refractivity contribution in [3.05, 3.63) is 81.7 Å². The molecule has 4 rings (SSSR count). The minimum Gasteiger partial charge on any atom is -0.423 e. The van der Waals surface area contributed by atoms with E-state index in [0.29, 0.717) is 11.6 Å². The van der Waals surface area contributed by atoms with E-state index in [1.807, 2.05) is 42.5 Å². The van der Waals surface area contributed by atoms with Crippen LogP contribution in [0.5, 0.6) is 0 Å². The fourth-order valence-corrected chi connectivity index (χ4v) is 3.86. The van der Waals surface area contributed by atoms with E-state index in [4.69, 9.17) is 16.0 Å². The van der Waals surface area contributed by atoms with Crippen molar-refractivity contribution in [3.63, 3.8) is 0 Å². The van der Waals surface area contributed by atoms with Crippen LogP contribution >= 0.6 is 11.6 Å². The Bertz CT molecular complexity index is 1040. The summed E-state index contributed by atoms with van der Waals surface area (Å²) >= 11 is 6.02. The van der Waals surface area contributed by atoms with Gasteiger partial charge in [-0.3, -0.25) is 4.90 Å². The summed E-state index contributed by atoms with van der Waals surface area (Å²) in [7, 11) is 0. The SMILES string of the molecule is O=c1cc(NC2CCN(C/C=C/c3cccc(Cl)c3)CC2)c2ccccc2o1. The van der Waals surface area contributed by atoms with Crippen LogP contribution in [0.2, 0.25) is 5.02 Å². The number of para-hydroxylation sites is 1. The number of anilines is 1. The largest absolute Gasteiger partial charge is 0.423 e. The lowest BCUT2D eigenvalue weighted by atomic mass is 10.0. The lowest BCUT2D eigenvalue weighted by Gasteiger charge is -2.32. The maximum Gasteiger partial charge on any atom is 0.338 e. The number of nitrogens with one attached hydrogen (secondary N) is 1. The molecule has 1 aliphatic heterocycles. The van der Waals surface area contributed by atoms with E-state index in [1.54, 1.807) is 6.07 Å². The molecule has 0 saturated carbocycles. The first-order valence-electron chi connectivity index (χ1n) is 9.61. The number of hydrogen-bond acceptors (Lipinski definition) is 4. The van der Waals surface area contributed by atoms with E-state index in [-0.39, 0.29) is 5.63 Å². The van der Waals surface area contributed by atoms with E-state index in [9.17, 15) is 4.79 Å². The molecule has 2 aromatic carbocycles. The van der Waals surface area contributed by atoms with Crippen molar-refractivity contribution in [2.75, 3.05) is 25.0 Å². The van der Waals surface area contributed by atoms with Gasteiger partial charge >= 0.3 is 5.63 Å². The van der Waals surface area contributed by atoms with Crippen LogP contribution < -0.4 is 10.9 Å². The zero-order valence-corrected chi connectivity index (χ0v) is 16.4. The molecule has 1 N–H and O–H groups in total. The van der Waals surface area contributed by atoms with Gasteiger partial charge < -0.3 is 9.73 Å². The van der Waals surface area contributed by atoms with Crippen molar-refractivity contribution in [1.82, 2.24) is 4.90 Å². The fraction of sp³-hybridized carbons (Fsp3) is 0.261. The molecule has 4 nitrogen and oxygen atoms in total. The molecule has 0 spiro atoms. The minimum atomic E-state index is -0.315. The lowest BCUT2D eigenvalue weighted by molar-refractivity contribution is 0.240. The third-order valence-corrected chi connectivity index (χ3v) is 5.35. The summed E-state index contributed by atoms with van der Waals surface area (Å²) in [4.78, 5) is 14.3. The highest BCUT2D eigenvalue weighted by atomic mass is 35.5. The fourth-order valence-electron chi connectivity index (χ4n) is 3.66. The molecular formula is C23H23ClN2O2. The summed E-state index contributed by atoms with van der Waals surface area (Å²) < 4.78 is 5.28. The number of benzene rings is 2. The molecule has 0 unspecified atom stereocenters. The van der Waals surface area contributed by atoms with Crippen molar-refractivity contribution < 1.29 is 4.42 Å². The molecule has 1 aromatic heterocycles. The molecule has 28 heavy (non-hydrogen) atoms. The minimum absolute atomic E-state index is 0.315. The number of likely N-dealkylation sites (tertiary alicyclic amines) is 1. The van der Waals surface area contributed by atoms with Gasteiger partial charge in [0.05, 0.1) is 5.69 Å². The predicted octanol–water partition coefficient (Wildman–Crippen LogP) is 5.04. The first kappa shape index (κ1) is 18.8. The van der Waals surface area contributed by atoms with Gasteiger partial charge in [-0.15, -0.1) is 0 Å². The van der Waals surface area contributed by atoms with Gasteiger partial charge in [-0.25, -0.2) is 4.79 Å². The van der Waals surface area contributed by atoms with Gasteiger partial charge in [0, 0.05) is 42.2 Å². The van der Waals surface area contributed by atoms with E-state index in [0.717, 1.165) is 54.1 Å². The van der Waals surface area contributed by atoms with E-state index in [2.05, 4.69) is 28.4 Å². The summed E-state index contributed by atoms with van der Waals surface area (Å²) in [5.41, 5.74) is 2.30. The van der Waals surface area contributed by atoms with Crippen LogP contribution in [0.4, 0.5) is 5.69 Å². The summed E-state index contributed by atoms with van der Waals surface area (Å²) in [5.74, 6) is 0. The third-order valence-electron chi connectivity index (χ3n) is 5.12. The Morgan fingerprint density at radius 3 is 2.75 bits per heavy atom. The van der Waals surface area contributed by atoms with Crippen LogP contribution in [0.25, 0.3) is 17.0 Å². The van der Waals surface area contributed by atoms with Crippen LogP contribution in [0.15, 0.2) is 69.9 Å². The highest BCUT2D eigenvalue weighted by Gasteiger charge is 2.19. The summed E-state index contributed by atoms with van der Waals surface area (Å²) in [5, 5.41) is 5.27. The van der Waals surface area contributed by atoms with Crippen molar-refractivity contribution in [2.45, 2.75) is 18.9 Å². The smallest absolute Gasteiger partial charge is 0.338 e. The van der Waals surface area contributed by atoms with Crippen LogP contribution in [0.3, 0.4) is 0 Å². The maximum atomic E-state index is 11.8. The number of halogens is 1. The van der Waals surface area contributed by atoms with Gasteiger partial charge in [0.15, 0.2) is 0 Å². The van der Waals surface area contributed by atoms with Crippen molar-refractivity contribution in [1.29, 1.82) is 0 Å². The molecule has 144 valence electrons. The van der Waals surface area contributed by atoms with E-state index in [1.165, 1.54) is 0 Å². The number of hydrogen-bond donors (Lipinski definition) is 1. The molecule has 0 aliphatic carbocycles. The number of rotatable bonds is 5. The molecule has 1 saturated heterocycles. The second-order valence-electron chi connectivity index (χ2n) is 7.15. The molecule has 1 fully saturated rings. The third kappa shape index (κ3) is 4.64. The summed E-state index contributed by atoms with van der Waals surface area (Å²) in [6, 6.07) is 17.4. The van der Waals surface area contributed by atoms with Gasteiger partial charge in [-0.05, 0) is 42.7 Å². The first-order chi connectivity index (χ1) is 13.7. The number of fused-ring (bicyclic) bond motifs is 1. The molecule has 5 heteroatoms. The molecular weight excluding hydrogens is 372 g/mol. The highest BCUT2D eigenvalue weighted by molar-refractivity contribution is 6.30. The summed E-state index contributed by atoms with van der Waals surface area (Å²) in [6.07, 6.45) is 6.39. The van der Waals surface area contributed by atoms with Crippen molar-refractivity contribution in [2.24, 2.45) is 0 Å². The standard InChI is InChI=1S/C23H23ClN2O2/c24-18-7-3-5-17(15-18)6-4-12-26-13-10-19(11-14-26)25-21-16-23(27)28-22-9-2-1-8-20(21)22/h1-9,15-16,19,25H,10-14H2/b6-4+.